The molecule has 132 valence electrons. The highest BCUT2D eigenvalue weighted by Gasteiger charge is 2.29. The summed E-state index contributed by atoms with van der Waals surface area (Å²) in [6.45, 7) is 4.67. The largest absolute Gasteiger partial charge is 0.495 e. The number of nitrogens with zero attached hydrogens (tertiary/aromatic N) is 1. The standard InChI is InChI=1S/C17H24N2O4S/c1-13(2)11-17(20)18-14-7-8-15(23-3)16(12-14)24(21,22)19-9-5-4-6-10-19/h7-8,11-12H,4-6,9-10H2,1-3H3,(H,18,20). The SMILES string of the molecule is COc1ccc(NC(=O)C=C(C)C)cc1S(=O)(=O)N1CCCCC1. The summed E-state index contributed by atoms with van der Waals surface area (Å²) in [5.41, 5.74) is 1.29. The van der Waals surface area contributed by atoms with E-state index < -0.39 is 10.0 Å². The number of piperidine rings is 1. The van der Waals surface area contributed by atoms with Crippen molar-refractivity contribution in [1.29, 1.82) is 0 Å². The summed E-state index contributed by atoms with van der Waals surface area (Å²) in [7, 11) is -2.21. The Kier molecular flexibility index (Phi) is 6.01. The molecule has 1 aliphatic rings. The highest BCUT2D eigenvalue weighted by Crippen LogP contribution is 2.31. The van der Waals surface area contributed by atoms with Crippen LogP contribution in [0.5, 0.6) is 5.75 Å². The fourth-order valence-electron chi connectivity index (χ4n) is 2.64. The molecule has 1 fully saturated rings. The van der Waals surface area contributed by atoms with Crippen LogP contribution < -0.4 is 10.1 Å². The third kappa shape index (κ3) is 4.36. The lowest BCUT2D eigenvalue weighted by molar-refractivity contribution is -0.111. The summed E-state index contributed by atoms with van der Waals surface area (Å²) in [5, 5.41) is 2.69. The Balaban J connectivity index is 2.35. The van der Waals surface area contributed by atoms with Gasteiger partial charge in [-0.05, 0) is 44.9 Å². The minimum Gasteiger partial charge on any atom is -0.495 e. The molecule has 2 rings (SSSR count). The van der Waals surface area contributed by atoms with Crippen molar-refractivity contribution in [3.05, 3.63) is 29.8 Å². The molecule has 1 N–H and O–H groups in total. The molecule has 0 aromatic heterocycles. The normalized spacial score (nSPS) is 15.6. The van der Waals surface area contributed by atoms with Gasteiger partial charge in [0.1, 0.15) is 10.6 Å². The van der Waals surface area contributed by atoms with Crippen molar-refractivity contribution in [3.8, 4) is 5.75 Å². The molecule has 6 nitrogen and oxygen atoms in total. The third-order valence-electron chi connectivity index (χ3n) is 3.78. The summed E-state index contributed by atoms with van der Waals surface area (Å²) in [6, 6.07) is 4.65. The summed E-state index contributed by atoms with van der Waals surface area (Å²) in [6.07, 6.45) is 4.22. The van der Waals surface area contributed by atoms with Crippen LogP contribution >= 0.6 is 0 Å². The summed E-state index contributed by atoms with van der Waals surface area (Å²) in [4.78, 5) is 11.9. The van der Waals surface area contributed by atoms with E-state index in [0.29, 0.717) is 18.8 Å². The van der Waals surface area contributed by atoms with Crippen molar-refractivity contribution < 1.29 is 17.9 Å². The molecule has 0 saturated carbocycles. The van der Waals surface area contributed by atoms with E-state index in [9.17, 15) is 13.2 Å². The second-order valence-corrected chi connectivity index (χ2v) is 7.95. The Morgan fingerprint density at radius 1 is 1.21 bits per heavy atom. The van der Waals surface area contributed by atoms with E-state index in [1.807, 2.05) is 13.8 Å². The first kappa shape index (κ1) is 18.5. The summed E-state index contributed by atoms with van der Waals surface area (Å²) in [5.74, 6) is -0.0118. The predicted molar refractivity (Wildman–Crippen MR) is 93.7 cm³/mol. The third-order valence-corrected chi connectivity index (χ3v) is 5.70. The zero-order valence-corrected chi connectivity index (χ0v) is 15.1. The van der Waals surface area contributed by atoms with Gasteiger partial charge in [-0.25, -0.2) is 8.42 Å². The van der Waals surface area contributed by atoms with Gasteiger partial charge in [-0.2, -0.15) is 4.31 Å². The average molecular weight is 352 g/mol. The van der Waals surface area contributed by atoms with Crippen LogP contribution in [0.2, 0.25) is 0 Å². The fraction of sp³-hybridized carbons (Fsp3) is 0.471. The molecule has 1 aliphatic heterocycles. The van der Waals surface area contributed by atoms with Crippen LogP contribution in [0.25, 0.3) is 0 Å². The van der Waals surface area contributed by atoms with Gasteiger partial charge in [-0.3, -0.25) is 4.79 Å². The van der Waals surface area contributed by atoms with Crippen molar-refractivity contribution >= 4 is 21.6 Å². The molecule has 1 heterocycles. The van der Waals surface area contributed by atoms with Crippen molar-refractivity contribution in [2.75, 3.05) is 25.5 Å². The smallest absolute Gasteiger partial charge is 0.248 e. The molecule has 24 heavy (non-hydrogen) atoms. The molecule has 1 aromatic carbocycles. The molecule has 0 bridgehead atoms. The van der Waals surface area contributed by atoms with E-state index in [1.54, 1.807) is 12.1 Å². The maximum Gasteiger partial charge on any atom is 0.248 e. The molecule has 0 aliphatic carbocycles. The van der Waals surface area contributed by atoms with Crippen molar-refractivity contribution in [2.24, 2.45) is 0 Å². The first-order valence-corrected chi connectivity index (χ1v) is 9.42. The zero-order chi connectivity index (χ0) is 17.7. The van der Waals surface area contributed by atoms with Gasteiger partial charge < -0.3 is 10.1 Å². The van der Waals surface area contributed by atoms with Gasteiger partial charge in [0.15, 0.2) is 0 Å². The van der Waals surface area contributed by atoms with Gasteiger partial charge in [0.2, 0.25) is 15.9 Å². The van der Waals surface area contributed by atoms with Crippen molar-refractivity contribution in [3.63, 3.8) is 0 Å². The quantitative estimate of drug-likeness (QED) is 0.827. The van der Waals surface area contributed by atoms with Crippen LogP contribution in [0.4, 0.5) is 5.69 Å². The van der Waals surface area contributed by atoms with Crippen LogP contribution in [-0.4, -0.2) is 38.8 Å². The second-order valence-electron chi connectivity index (χ2n) is 6.04. The minimum atomic E-state index is -3.64. The number of rotatable bonds is 5. The first-order chi connectivity index (χ1) is 11.3. The Hall–Kier alpha value is -1.86. The van der Waals surface area contributed by atoms with Gasteiger partial charge in [0, 0.05) is 24.9 Å². The van der Waals surface area contributed by atoms with Crippen molar-refractivity contribution in [1.82, 2.24) is 4.31 Å². The molecule has 1 aromatic rings. The van der Waals surface area contributed by atoms with E-state index in [2.05, 4.69) is 5.32 Å². The maximum atomic E-state index is 12.9. The van der Waals surface area contributed by atoms with Crippen LogP contribution in [0, 0.1) is 0 Å². The van der Waals surface area contributed by atoms with E-state index in [4.69, 9.17) is 4.74 Å². The lowest BCUT2D eigenvalue weighted by Crippen LogP contribution is -2.35. The number of carbonyl (C=O) groups excluding carboxylic acids is 1. The Labute approximate surface area is 143 Å². The molecule has 0 atom stereocenters. The average Bonchev–Trinajstić information content (AvgIpc) is 2.54. The highest BCUT2D eigenvalue weighted by molar-refractivity contribution is 7.89. The molecule has 1 amide bonds. The minimum absolute atomic E-state index is 0.0851. The molecule has 0 unspecified atom stereocenters. The first-order valence-electron chi connectivity index (χ1n) is 7.98. The topological polar surface area (TPSA) is 75.7 Å². The summed E-state index contributed by atoms with van der Waals surface area (Å²) >= 11 is 0. The molecule has 0 spiro atoms. The number of benzene rings is 1. The number of sulfonamides is 1. The lowest BCUT2D eigenvalue weighted by atomic mass is 10.2. The number of ether oxygens (including phenoxy) is 1. The van der Waals surface area contributed by atoms with Gasteiger partial charge in [0.25, 0.3) is 0 Å². The Morgan fingerprint density at radius 3 is 2.46 bits per heavy atom. The number of allylic oxidation sites excluding steroid dienone is 1. The van der Waals surface area contributed by atoms with Gasteiger partial charge in [-0.15, -0.1) is 0 Å². The van der Waals surface area contributed by atoms with E-state index in [-0.39, 0.29) is 16.6 Å². The van der Waals surface area contributed by atoms with E-state index >= 15 is 0 Å². The van der Waals surface area contributed by atoms with E-state index in [0.717, 1.165) is 24.8 Å². The number of methoxy groups -OCH3 is 1. The number of nitrogens with one attached hydrogen (secondary N) is 1. The van der Waals surface area contributed by atoms with Crippen LogP contribution in [0.15, 0.2) is 34.7 Å². The van der Waals surface area contributed by atoms with Crippen LogP contribution in [0.3, 0.4) is 0 Å². The molecule has 7 heteroatoms. The second kappa shape index (κ2) is 7.81. The zero-order valence-electron chi connectivity index (χ0n) is 14.3. The van der Waals surface area contributed by atoms with Gasteiger partial charge >= 0.3 is 0 Å². The Morgan fingerprint density at radius 2 is 1.88 bits per heavy atom. The number of carbonyl (C=O) groups is 1. The number of hydrogen-bond acceptors (Lipinski definition) is 4. The van der Waals surface area contributed by atoms with Gasteiger partial charge in [0.05, 0.1) is 7.11 Å². The van der Waals surface area contributed by atoms with Crippen molar-refractivity contribution in [2.45, 2.75) is 38.0 Å². The monoisotopic (exact) mass is 352 g/mol. The number of amides is 1. The number of hydrogen-bond donors (Lipinski definition) is 1. The van der Waals surface area contributed by atoms with Crippen LogP contribution in [-0.2, 0) is 14.8 Å². The van der Waals surface area contributed by atoms with Crippen LogP contribution in [0.1, 0.15) is 33.1 Å². The lowest BCUT2D eigenvalue weighted by Gasteiger charge is -2.26. The summed E-state index contributed by atoms with van der Waals surface area (Å²) < 4.78 is 32.5. The van der Waals surface area contributed by atoms with E-state index in [1.165, 1.54) is 23.6 Å². The molecule has 0 radical (unpaired) electrons. The molecular formula is C17H24N2O4S. The number of anilines is 1. The molecular weight excluding hydrogens is 328 g/mol. The Bertz CT molecular complexity index is 731. The fourth-order valence-corrected chi connectivity index (χ4v) is 4.34. The maximum absolute atomic E-state index is 12.9. The molecule has 1 saturated heterocycles. The highest BCUT2D eigenvalue weighted by atomic mass is 32.2. The van der Waals surface area contributed by atoms with Gasteiger partial charge in [-0.1, -0.05) is 12.0 Å². The predicted octanol–water partition coefficient (Wildman–Crippen LogP) is 2.77.